The first kappa shape index (κ1) is 7.29. The van der Waals surface area contributed by atoms with Crippen LogP contribution in [0.3, 0.4) is 0 Å². The van der Waals surface area contributed by atoms with E-state index < -0.39 is 0 Å². The lowest BCUT2D eigenvalue weighted by Crippen LogP contribution is -1.90. The highest BCUT2D eigenvalue weighted by Crippen LogP contribution is 1.99. The topological polar surface area (TPSA) is 45.5 Å². The summed E-state index contributed by atoms with van der Waals surface area (Å²) in [7, 11) is 0. The average molecular weight is 146 g/mol. The summed E-state index contributed by atoms with van der Waals surface area (Å²) in [5.74, 6) is 2.37. The summed E-state index contributed by atoms with van der Waals surface area (Å²) in [6.45, 7) is 0. The Morgan fingerprint density at radius 2 is 2.55 bits per heavy atom. The van der Waals surface area contributed by atoms with Gasteiger partial charge in [-0.2, -0.15) is 0 Å². The molecule has 0 aromatic carbocycles. The van der Waals surface area contributed by atoms with E-state index in [2.05, 4.69) is 16.1 Å². The van der Waals surface area contributed by atoms with Crippen molar-refractivity contribution in [1.29, 1.82) is 0 Å². The van der Waals surface area contributed by atoms with E-state index in [1.165, 1.54) is 6.21 Å². The standard InChI is InChI=1S/C8H6N2O/c1-2-8-7(6-10-11)4-3-5-9-8/h1,3-6,11H. The van der Waals surface area contributed by atoms with Crippen LogP contribution in [-0.2, 0) is 0 Å². The molecule has 0 saturated heterocycles. The third-order valence-electron chi connectivity index (χ3n) is 1.17. The molecule has 0 bridgehead atoms. The van der Waals surface area contributed by atoms with Crippen LogP contribution < -0.4 is 0 Å². The minimum Gasteiger partial charge on any atom is -0.411 e. The van der Waals surface area contributed by atoms with E-state index in [-0.39, 0.29) is 0 Å². The van der Waals surface area contributed by atoms with Crippen LogP contribution >= 0.6 is 0 Å². The number of oxime groups is 1. The molecule has 0 aliphatic carbocycles. The van der Waals surface area contributed by atoms with Crippen molar-refractivity contribution in [3.8, 4) is 12.3 Å². The van der Waals surface area contributed by atoms with Crippen LogP contribution in [0.1, 0.15) is 11.3 Å². The van der Waals surface area contributed by atoms with Gasteiger partial charge in [0.15, 0.2) is 0 Å². The summed E-state index contributed by atoms with van der Waals surface area (Å²) in [6, 6.07) is 3.44. The molecule has 54 valence electrons. The van der Waals surface area contributed by atoms with Crippen molar-refractivity contribution in [3.05, 3.63) is 29.6 Å². The molecular formula is C8H6N2O. The highest BCUT2D eigenvalue weighted by Gasteiger charge is 1.94. The van der Waals surface area contributed by atoms with Crippen LogP contribution in [0.25, 0.3) is 0 Å². The first-order valence-corrected chi connectivity index (χ1v) is 2.97. The third-order valence-corrected chi connectivity index (χ3v) is 1.17. The van der Waals surface area contributed by atoms with Crippen molar-refractivity contribution in [2.24, 2.45) is 5.16 Å². The van der Waals surface area contributed by atoms with Gasteiger partial charge in [0, 0.05) is 11.8 Å². The van der Waals surface area contributed by atoms with Gasteiger partial charge in [-0.3, -0.25) is 0 Å². The van der Waals surface area contributed by atoms with E-state index in [9.17, 15) is 0 Å². The van der Waals surface area contributed by atoms with Crippen molar-refractivity contribution in [2.75, 3.05) is 0 Å². The second kappa shape index (κ2) is 3.37. The fourth-order valence-electron chi connectivity index (χ4n) is 0.705. The number of aromatic nitrogens is 1. The summed E-state index contributed by atoms with van der Waals surface area (Å²) >= 11 is 0. The van der Waals surface area contributed by atoms with Gasteiger partial charge in [0.1, 0.15) is 5.69 Å². The number of terminal acetylenes is 1. The molecule has 1 aromatic heterocycles. The second-order valence-corrected chi connectivity index (χ2v) is 1.83. The van der Waals surface area contributed by atoms with Crippen LogP contribution in [0.5, 0.6) is 0 Å². The summed E-state index contributed by atoms with van der Waals surface area (Å²) in [4.78, 5) is 3.88. The van der Waals surface area contributed by atoms with Crippen molar-refractivity contribution in [1.82, 2.24) is 4.98 Å². The number of hydrogen-bond acceptors (Lipinski definition) is 3. The van der Waals surface area contributed by atoms with Gasteiger partial charge in [-0.05, 0) is 18.1 Å². The molecule has 0 fully saturated rings. The first-order chi connectivity index (χ1) is 5.38. The molecule has 1 N–H and O–H groups in total. The molecule has 0 unspecified atom stereocenters. The fraction of sp³-hybridized carbons (Fsp3) is 0. The zero-order valence-electron chi connectivity index (χ0n) is 5.73. The van der Waals surface area contributed by atoms with Gasteiger partial charge in [-0.1, -0.05) is 5.16 Å². The lowest BCUT2D eigenvalue weighted by atomic mass is 10.2. The van der Waals surface area contributed by atoms with Crippen LogP contribution in [0.2, 0.25) is 0 Å². The first-order valence-electron chi connectivity index (χ1n) is 2.97. The molecule has 0 spiro atoms. The highest BCUT2D eigenvalue weighted by atomic mass is 16.4. The lowest BCUT2D eigenvalue weighted by Gasteiger charge is -1.92. The molecule has 0 saturated carbocycles. The Balaban J connectivity index is 3.15. The van der Waals surface area contributed by atoms with Crippen molar-refractivity contribution in [3.63, 3.8) is 0 Å². The minimum atomic E-state index is 0.477. The van der Waals surface area contributed by atoms with E-state index in [1.54, 1.807) is 18.3 Å². The Bertz CT molecular complexity index is 312. The maximum absolute atomic E-state index is 8.21. The molecule has 1 aromatic rings. The minimum absolute atomic E-state index is 0.477. The summed E-state index contributed by atoms with van der Waals surface area (Å²) < 4.78 is 0. The fourth-order valence-corrected chi connectivity index (χ4v) is 0.705. The quantitative estimate of drug-likeness (QED) is 0.276. The smallest absolute Gasteiger partial charge is 0.121 e. The Labute approximate surface area is 64.4 Å². The molecule has 0 amide bonds. The van der Waals surface area contributed by atoms with Gasteiger partial charge in [0.05, 0.1) is 6.21 Å². The molecule has 1 heterocycles. The number of rotatable bonds is 1. The van der Waals surface area contributed by atoms with E-state index in [0.29, 0.717) is 11.3 Å². The Kier molecular flexibility index (Phi) is 2.24. The summed E-state index contributed by atoms with van der Waals surface area (Å²) in [6.07, 6.45) is 7.96. The van der Waals surface area contributed by atoms with Gasteiger partial charge in [-0.25, -0.2) is 4.98 Å². The van der Waals surface area contributed by atoms with Gasteiger partial charge in [0.2, 0.25) is 0 Å². The molecule has 3 heteroatoms. The zero-order chi connectivity index (χ0) is 8.10. The summed E-state index contributed by atoms with van der Waals surface area (Å²) in [5, 5.41) is 11.1. The van der Waals surface area contributed by atoms with Crippen molar-refractivity contribution in [2.45, 2.75) is 0 Å². The number of nitrogens with zero attached hydrogens (tertiary/aromatic N) is 2. The molecule has 0 radical (unpaired) electrons. The predicted molar refractivity (Wildman–Crippen MR) is 41.6 cm³/mol. The Morgan fingerprint density at radius 3 is 3.18 bits per heavy atom. The van der Waals surface area contributed by atoms with Crippen molar-refractivity contribution >= 4 is 6.21 Å². The average Bonchev–Trinajstić information content (AvgIpc) is 2.06. The van der Waals surface area contributed by atoms with Crippen LogP contribution in [0, 0.1) is 12.3 Å². The highest BCUT2D eigenvalue weighted by molar-refractivity contribution is 5.81. The van der Waals surface area contributed by atoms with E-state index in [1.807, 2.05) is 0 Å². The van der Waals surface area contributed by atoms with Gasteiger partial charge in [0.25, 0.3) is 0 Å². The Morgan fingerprint density at radius 1 is 1.73 bits per heavy atom. The van der Waals surface area contributed by atoms with Gasteiger partial charge < -0.3 is 5.21 Å². The van der Waals surface area contributed by atoms with Crippen molar-refractivity contribution < 1.29 is 5.21 Å². The summed E-state index contributed by atoms with van der Waals surface area (Å²) in [5.41, 5.74) is 1.11. The molecule has 11 heavy (non-hydrogen) atoms. The maximum Gasteiger partial charge on any atom is 0.121 e. The van der Waals surface area contributed by atoms with E-state index in [0.717, 1.165) is 0 Å². The Hall–Kier alpha value is -1.82. The predicted octanol–water partition coefficient (Wildman–Crippen LogP) is 0.871. The van der Waals surface area contributed by atoms with Crippen LogP contribution in [-0.4, -0.2) is 16.4 Å². The van der Waals surface area contributed by atoms with E-state index in [4.69, 9.17) is 11.6 Å². The maximum atomic E-state index is 8.21. The normalized spacial score (nSPS) is 9.73. The lowest BCUT2D eigenvalue weighted by molar-refractivity contribution is 0.322. The van der Waals surface area contributed by atoms with E-state index >= 15 is 0 Å². The van der Waals surface area contributed by atoms with Crippen LogP contribution in [0.15, 0.2) is 23.5 Å². The largest absolute Gasteiger partial charge is 0.411 e. The monoisotopic (exact) mass is 146 g/mol. The SMILES string of the molecule is C#Cc1ncccc1C=NO. The molecule has 1 rings (SSSR count). The van der Waals surface area contributed by atoms with Crippen LogP contribution in [0.4, 0.5) is 0 Å². The molecular weight excluding hydrogens is 140 g/mol. The molecule has 0 aliphatic rings. The second-order valence-electron chi connectivity index (χ2n) is 1.83. The molecule has 3 nitrogen and oxygen atoms in total. The van der Waals surface area contributed by atoms with Gasteiger partial charge >= 0.3 is 0 Å². The van der Waals surface area contributed by atoms with Gasteiger partial charge in [-0.15, -0.1) is 6.42 Å². The molecule has 0 atom stereocenters. The molecule has 0 aliphatic heterocycles. The zero-order valence-corrected chi connectivity index (χ0v) is 5.73. The number of pyridine rings is 1. The number of hydrogen-bond donors (Lipinski definition) is 1. The third kappa shape index (κ3) is 1.55.